The molecule has 0 fully saturated rings. The molecule has 0 saturated heterocycles. The summed E-state index contributed by atoms with van der Waals surface area (Å²) in [7, 11) is 0. The van der Waals surface area contributed by atoms with E-state index in [1.54, 1.807) is 0 Å². The first-order valence-electron chi connectivity index (χ1n) is 5.97. The summed E-state index contributed by atoms with van der Waals surface area (Å²) >= 11 is 0. The van der Waals surface area contributed by atoms with Gasteiger partial charge in [0, 0.05) is 32.3 Å². The Morgan fingerprint density at radius 1 is 1.20 bits per heavy atom. The van der Waals surface area contributed by atoms with Crippen LogP contribution in [0.5, 0.6) is 0 Å². The zero-order valence-electron chi connectivity index (χ0n) is 10.1. The van der Waals surface area contributed by atoms with Gasteiger partial charge < -0.3 is 20.5 Å². The molecule has 0 radical (unpaired) electrons. The van der Waals surface area contributed by atoms with Crippen LogP contribution in [0.1, 0.15) is 26.7 Å². The smallest absolute Gasteiger partial charge is 0.0584 e. The van der Waals surface area contributed by atoms with Gasteiger partial charge in [-0.25, -0.2) is 0 Å². The molecule has 0 bridgehead atoms. The third kappa shape index (κ3) is 10.1. The zero-order valence-corrected chi connectivity index (χ0v) is 10.1. The number of ether oxygens (including phenoxy) is 1. The Labute approximate surface area is 93.4 Å². The highest BCUT2D eigenvalue weighted by Gasteiger charge is 2.01. The molecule has 0 aliphatic rings. The molecule has 0 saturated carbocycles. The number of hydrogen-bond donors (Lipinski definition) is 3. The van der Waals surface area contributed by atoms with Gasteiger partial charge in [0.2, 0.25) is 0 Å². The van der Waals surface area contributed by atoms with Gasteiger partial charge in [0.15, 0.2) is 0 Å². The number of rotatable bonds is 11. The molecule has 0 aliphatic heterocycles. The maximum Gasteiger partial charge on any atom is 0.0584 e. The lowest BCUT2D eigenvalue weighted by molar-refractivity contribution is 0.145. The maximum atomic E-state index is 8.93. The Hall–Kier alpha value is -0.160. The molecule has 1 unspecified atom stereocenters. The van der Waals surface area contributed by atoms with Crippen LogP contribution in [-0.4, -0.2) is 50.6 Å². The van der Waals surface area contributed by atoms with E-state index in [0.717, 1.165) is 45.7 Å². The molecule has 0 aliphatic carbocycles. The van der Waals surface area contributed by atoms with Gasteiger partial charge in [0.05, 0.1) is 6.61 Å². The molecule has 0 amide bonds. The molecule has 0 spiro atoms. The van der Waals surface area contributed by atoms with Crippen molar-refractivity contribution < 1.29 is 9.84 Å². The van der Waals surface area contributed by atoms with E-state index in [4.69, 9.17) is 9.84 Å². The average molecular weight is 218 g/mol. The van der Waals surface area contributed by atoms with Gasteiger partial charge in [-0.2, -0.15) is 0 Å². The Bertz CT molecular complexity index is 119. The lowest BCUT2D eigenvalue weighted by Gasteiger charge is -2.13. The Morgan fingerprint density at radius 2 is 2.00 bits per heavy atom. The number of nitrogens with one attached hydrogen (secondary N) is 2. The predicted octanol–water partition coefficient (Wildman–Crippen LogP) is 0.363. The Balaban J connectivity index is 3.04. The molecule has 4 heteroatoms. The van der Waals surface area contributed by atoms with Gasteiger partial charge >= 0.3 is 0 Å². The van der Waals surface area contributed by atoms with Crippen molar-refractivity contribution in [1.82, 2.24) is 10.6 Å². The van der Waals surface area contributed by atoms with E-state index in [-0.39, 0.29) is 12.6 Å². The SMILES string of the molecule is CCOCCCNCCNC(CC)CO. The van der Waals surface area contributed by atoms with Crippen molar-refractivity contribution in [3.8, 4) is 0 Å². The average Bonchev–Trinajstić information content (AvgIpc) is 2.27. The molecule has 0 aromatic rings. The van der Waals surface area contributed by atoms with Crippen LogP contribution in [0, 0.1) is 0 Å². The summed E-state index contributed by atoms with van der Waals surface area (Å²) in [5.74, 6) is 0. The van der Waals surface area contributed by atoms with E-state index in [9.17, 15) is 0 Å². The van der Waals surface area contributed by atoms with Gasteiger partial charge in [-0.15, -0.1) is 0 Å². The first kappa shape index (κ1) is 14.8. The molecular weight excluding hydrogens is 192 g/mol. The number of hydrogen-bond acceptors (Lipinski definition) is 4. The monoisotopic (exact) mass is 218 g/mol. The standard InChI is InChI=1S/C11H26N2O2/c1-3-11(10-14)13-8-7-12-6-5-9-15-4-2/h11-14H,3-10H2,1-2H3. The van der Waals surface area contributed by atoms with Crippen LogP contribution in [0.3, 0.4) is 0 Å². The quantitative estimate of drug-likeness (QED) is 0.438. The molecule has 1 atom stereocenters. The molecular formula is C11H26N2O2. The Morgan fingerprint density at radius 3 is 2.60 bits per heavy atom. The summed E-state index contributed by atoms with van der Waals surface area (Å²) in [4.78, 5) is 0. The van der Waals surface area contributed by atoms with Crippen LogP contribution in [0.2, 0.25) is 0 Å². The summed E-state index contributed by atoms with van der Waals surface area (Å²) in [5, 5.41) is 15.5. The van der Waals surface area contributed by atoms with Crippen LogP contribution >= 0.6 is 0 Å². The van der Waals surface area contributed by atoms with Gasteiger partial charge in [0.25, 0.3) is 0 Å². The van der Waals surface area contributed by atoms with E-state index < -0.39 is 0 Å². The first-order chi connectivity index (χ1) is 7.35. The van der Waals surface area contributed by atoms with Crippen molar-refractivity contribution >= 4 is 0 Å². The van der Waals surface area contributed by atoms with E-state index in [1.807, 2.05) is 6.92 Å². The van der Waals surface area contributed by atoms with Gasteiger partial charge in [-0.1, -0.05) is 6.92 Å². The summed E-state index contributed by atoms with van der Waals surface area (Å²) in [6.07, 6.45) is 2.03. The third-order valence-electron chi connectivity index (χ3n) is 2.29. The van der Waals surface area contributed by atoms with Crippen molar-refractivity contribution in [1.29, 1.82) is 0 Å². The second-order valence-electron chi connectivity index (χ2n) is 3.54. The van der Waals surface area contributed by atoms with Crippen molar-refractivity contribution in [2.75, 3.05) is 39.5 Å². The molecule has 92 valence electrons. The molecule has 15 heavy (non-hydrogen) atoms. The van der Waals surface area contributed by atoms with Gasteiger partial charge in [-0.3, -0.25) is 0 Å². The molecule has 0 aromatic carbocycles. The lowest BCUT2D eigenvalue weighted by Crippen LogP contribution is -2.37. The fourth-order valence-electron chi connectivity index (χ4n) is 1.27. The van der Waals surface area contributed by atoms with Crippen molar-refractivity contribution in [3.05, 3.63) is 0 Å². The van der Waals surface area contributed by atoms with Gasteiger partial charge in [0.1, 0.15) is 0 Å². The molecule has 4 nitrogen and oxygen atoms in total. The minimum Gasteiger partial charge on any atom is -0.395 e. The van der Waals surface area contributed by atoms with Crippen LogP contribution in [-0.2, 0) is 4.74 Å². The predicted molar refractivity (Wildman–Crippen MR) is 63.1 cm³/mol. The molecule has 0 aromatic heterocycles. The van der Waals surface area contributed by atoms with E-state index >= 15 is 0 Å². The summed E-state index contributed by atoms with van der Waals surface area (Å²) in [5.41, 5.74) is 0. The topological polar surface area (TPSA) is 53.5 Å². The number of aliphatic hydroxyl groups is 1. The second-order valence-corrected chi connectivity index (χ2v) is 3.54. The molecule has 3 N–H and O–H groups in total. The largest absolute Gasteiger partial charge is 0.395 e. The fourth-order valence-corrected chi connectivity index (χ4v) is 1.27. The van der Waals surface area contributed by atoms with Crippen LogP contribution in [0.4, 0.5) is 0 Å². The van der Waals surface area contributed by atoms with Gasteiger partial charge in [-0.05, 0) is 26.3 Å². The third-order valence-corrected chi connectivity index (χ3v) is 2.29. The minimum absolute atomic E-state index is 0.223. The second kappa shape index (κ2) is 11.9. The van der Waals surface area contributed by atoms with E-state index in [1.165, 1.54) is 0 Å². The van der Waals surface area contributed by atoms with Crippen LogP contribution < -0.4 is 10.6 Å². The summed E-state index contributed by atoms with van der Waals surface area (Å²) in [6.45, 7) is 8.80. The highest BCUT2D eigenvalue weighted by Crippen LogP contribution is 1.86. The van der Waals surface area contributed by atoms with Crippen molar-refractivity contribution in [2.24, 2.45) is 0 Å². The number of aliphatic hydroxyl groups excluding tert-OH is 1. The van der Waals surface area contributed by atoms with E-state index in [2.05, 4.69) is 17.6 Å². The van der Waals surface area contributed by atoms with Crippen LogP contribution in [0.15, 0.2) is 0 Å². The highest BCUT2D eigenvalue weighted by molar-refractivity contribution is 4.63. The van der Waals surface area contributed by atoms with Crippen LogP contribution in [0.25, 0.3) is 0 Å². The molecule has 0 heterocycles. The maximum absolute atomic E-state index is 8.93. The molecule has 0 rings (SSSR count). The summed E-state index contributed by atoms with van der Waals surface area (Å²) in [6, 6.07) is 0.246. The summed E-state index contributed by atoms with van der Waals surface area (Å²) < 4.78 is 5.22. The van der Waals surface area contributed by atoms with Crippen molar-refractivity contribution in [2.45, 2.75) is 32.7 Å². The first-order valence-corrected chi connectivity index (χ1v) is 5.97. The zero-order chi connectivity index (χ0) is 11.4. The van der Waals surface area contributed by atoms with Crippen molar-refractivity contribution in [3.63, 3.8) is 0 Å². The normalized spacial score (nSPS) is 13.0. The Kier molecular flexibility index (Phi) is 11.8. The van der Waals surface area contributed by atoms with E-state index in [0.29, 0.717) is 0 Å². The highest BCUT2D eigenvalue weighted by atomic mass is 16.5. The fraction of sp³-hybridized carbons (Fsp3) is 1.00. The minimum atomic E-state index is 0.223. The lowest BCUT2D eigenvalue weighted by atomic mass is 10.2.